The van der Waals surface area contributed by atoms with Crippen LogP contribution in [0, 0.1) is 5.92 Å². The number of aliphatic hydroxyl groups is 2. The van der Waals surface area contributed by atoms with E-state index in [0.29, 0.717) is 0 Å². The summed E-state index contributed by atoms with van der Waals surface area (Å²) in [5, 5.41) is 26.5. The third kappa shape index (κ3) is 3.04. The molecule has 2 N–H and O–H groups in total. The minimum Gasteiger partial charge on any atom is -0.390 e. The minimum absolute atomic E-state index is 0.0174. The molecule has 1 saturated heterocycles. The van der Waals surface area contributed by atoms with Crippen molar-refractivity contribution < 1.29 is 14.9 Å². The van der Waals surface area contributed by atoms with Crippen LogP contribution in [-0.4, -0.2) is 47.2 Å². The van der Waals surface area contributed by atoms with E-state index in [0.717, 1.165) is 0 Å². The average Bonchev–Trinajstić information content (AvgIpc) is 2.34. The molecule has 9 nitrogen and oxygen atoms in total. The quantitative estimate of drug-likeness (QED) is 0.441. The van der Waals surface area contributed by atoms with Gasteiger partial charge in [0, 0.05) is 9.82 Å². The molecule has 1 fully saturated rings. The highest BCUT2D eigenvalue weighted by Gasteiger charge is 2.44. The number of nitrogens with zero attached hydrogens (tertiary/aromatic N) is 6. The van der Waals surface area contributed by atoms with Gasteiger partial charge < -0.3 is 14.9 Å². The van der Waals surface area contributed by atoms with Crippen molar-refractivity contribution in [2.45, 2.75) is 44.3 Å². The molecule has 9 heteroatoms. The third-order valence-electron chi connectivity index (χ3n) is 2.92. The molecule has 1 heterocycles. The lowest BCUT2D eigenvalue weighted by Crippen LogP contribution is -2.58. The number of hydrogen-bond donors (Lipinski definition) is 2. The Morgan fingerprint density at radius 3 is 2.39 bits per heavy atom. The first-order valence-electron chi connectivity index (χ1n) is 5.59. The lowest BCUT2D eigenvalue weighted by Gasteiger charge is -2.42. The first-order valence-corrected chi connectivity index (χ1v) is 5.59. The Balaban J connectivity index is 2.93. The first-order chi connectivity index (χ1) is 8.52. The van der Waals surface area contributed by atoms with Crippen LogP contribution in [0.25, 0.3) is 20.9 Å². The van der Waals surface area contributed by atoms with Crippen molar-refractivity contribution in [2.24, 2.45) is 16.1 Å². The van der Waals surface area contributed by atoms with Gasteiger partial charge >= 0.3 is 0 Å². The molecule has 5 unspecified atom stereocenters. The Labute approximate surface area is 104 Å². The Morgan fingerprint density at radius 2 is 1.89 bits per heavy atom. The molecule has 0 aromatic carbocycles. The molecular formula is C9H16N6O3. The summed E-state index contributed by atoms with van der Waals surface area (Å²) in [6.45, 7) is 3.61. The number of azide groups is 2. The van der Waals surface area contributed by atoms with E-state index in [1.165, 1.54) is 0 Å². The van der Waals surface area contributed by atoms with Gasteiger partial charge in [-0.1, -0.05) is 24.1 Å². The molecular weight excluding hydrogens is 240 g/mol. The summed E-state index contributed by atoms with van der Waals surface area (Å²) in [5.74, 6) is -0.0174. The van der Waals surface area contributed by atoms with Crippen molar-refractivity contribution in [1.29, 1.82) is 0 Å². The van der Waals surface area contributed by atoms with Crippen LogP contribution >= 0.6 is 0 Å². The standard InChI is InChI=1S/C9H16N6O3/c1-4(2)9-6(13-15-11)8(17)7(16)5(18-9)3-12-14-10/h4-9,16-17H,3H2,1-2H3. The fourth-order valence-electron chi connectivity index (χ4n) is 1.99. The van der Waals surface area contributed by atoms with Crippen LogP contribution in [0.15, 0.2) is 10.2 Å². The van der Waals surface area contributed by atoms with Gasteiger partial charge in [0.25, 0.3) is 0 Å². The van der Waals surface area contributed by atoms with Crippen molar-refractivity contribution in [3.05, 3.63) is 20.9 Å². The molecule has 0 aromatic rings. The second-order valence-corrected chi connectivity index (χ2v) is 4.47. The van der Waals surface area contributed by atoms with Gasteiger partial charge in [-0.3, -0.25) is 0 Å². The van der Waals surface area contributed by atoms with Crippen molar-refractivity contribution in [1.82, 2.24) is 0 Å². The summed E-state index contributed by atoms with van der Waals surface area (Å²) in [6.07, 6.45) is -3.81. The summed E-state index contributed by atoms with van der Waals surface area (Å²) in [6, 6.07) is -0.854. The minimum atomic E-state index is -1.25. The van der Waals surface area contributed by atoms with Gasteiger partial charge in [0.2, 0.25) is 0 Å². The molecule has 0 spiro atoms. The summed E-state index contributed by atoms with van der Waals surface area (Å²) < 4.78 is 5.56. The van der Waals surface area contributed by atoms with E-state index in [2.05, 4.69) is 20.1 Å². The van der Waals surface area contributed by atoms with Gasteiger partial charge in [0.15, 0.2) is 0 Å². The first kappa shape index (κ1) is 14.6. The maximum atomic E-state index is 9.93. The Bertz CT molecular complexity index is 374. The van der Waals surface area contributed by atoms with E-state index in [-0.39, 0.29) is 12.5 Å². The van der Waals surface area contributed by atoms with Crippen molar-refractivity contribution in [3.8, 4) is 0 Å². The number of rotatable bonds is 4. The average molecular weight is 256 g/mol. The molecule has 1 aliphatic heterocycles. The van der Waals surface area contributed by atoms with E-state index in [1.54, 1.807) is 0 Å². The SMILES string of the molecule is CC(C)C1OC(CN=[N+]=[N-])C(O)C(O)C1N=[N+]=[N-]. The number of ether oxygens (including phenoxy) is 1. The zero-order valence-electron chi connectivity index (χ0n) is 10.2. The van der Waals surface area contributed by atoms with Gasteiger partial charge in [0.1, 0.15) is 6.10 Å². The molecule has 18 heavy (non-hydrogen) atoms. The van der Waals surface area contributed by atoms with E-state index in [9.17, 15) is 10.2 Å². The zero-order valence-corrected chi connectivity index (χ0v) is 10.2. The predicted octanol–water partition coefficient (Wildman–Crippen LogP) is 1.12. The highest BCUT2D eigenvalue weighted by atomic mass is 16.5. The van der Waals surface area contributed by atoms with Gasteiger partial charge in [-0.15, -0.1) is 0 Å². The molecule has 0 amide bonds. The summed E-state index contributed by atoms with van der Waals surface area (Å²) in [4.78, 5) is 5.24. The van der Waals surface area contributed by atoms with Crippen molar-refractivity contribution in [2.75, 3.05) is 6.54 Å². The van der Waals surface area contributed by atoms with Crippen LogP contribution in [0.4, 0.5) is 0 Å². The number of hydrogen-bond acceptors (Lipinski definition) is 5. The normalized spacial score (nSPS) is 35.7. The largest absolute Gasteiger partial charge is 0.390 e. The van der Waals surface area contributed by atoms with Crippen LogP contribution in [0.1, 0.15) is 13.8 Å². The summed E-state index contributed by atoms with van der Waals surface area (Å²) in [7, 11) is 0. The summed E-state index contributed by atoms with van der Waals surface area (Å²) in [5.41, 5.74) is 16.7. The summed E-state index contributed by atoms with van der Waals surface area (Å²) >= 11 is 0. The molecule has 0 aliphatic carbocycles. The lowest BCUT2D eigenvalue weighted by molar-refractivity contribution is -0.184. The smallest absolute Gasteiger partial charge is 0.107 e. The van der Waals surface area contributed by atoms with E-state index in [1.807, 2.05) is 13.8 Å². The molecule has 0 saturated carbocycles. The highest BCUT2D eigenvalue weighted by Crippen LogP contribution is 2.28. The van der Waals surface area contributed by atoms with Gasteiger partial charge in [0.05, 0.1) is 30.9 Å². The Hall–Kier alpha value is -1.50. The van der Waals surface area contributed by atoms with Crippen LogP contribution < -0.4 is 0 Å². The van der Waals surface area contributed by atoms with Gasteiger partial charge in [-0.25, -0.2) is 0 Å². The second-order valence-electron chi connectivity index (χ2n) is 4.47. The Kier molecular flexibility index (Phi) is 5.21. The van der Waals surface area contributed by atoms with E-state index < -0.39 is 30.5 Å². The van der Waals surface area contributed by atoms with Crippen LogP contribution in [0.3, 0.4) is 0 Å². The second kappa shape index (κ2) is 6.44. The molecule has 100 valence electrons. The molecule has 1 aliphatic rings. The maximum absolute atomic E-state index is 9.93. The maximum Gasteiger partial charge on any atom is 0.107 e. The highest BCUT2D eigenvalue weighted by molar-refractivity contribution is 4.98. The van der Waals surface area contributed by atoms with Crippen LogP contribution in [-0.2, 0) is 4.74 Å². The third-order valence-corrected chi connectivity index (χ3v) is 2.92. The van der Waals surface area contributed by atoms with Crippen molar-refractivity contribution >= 4 is 0 Å². The molecule has 5 atom stereocenters. The van der Waals surface area contributed by atoms with Crippen molar-refractivity contribution in [3.63, 3.8) is 0 Å². The number of aliphatic hydroxyl groups excluding tert-OH is 2. The lowest BCUT2D eigenvalue weighted by atomic mass is 9.88. The predicted molar refractivity (Wildman–Crippen MR) is 62.5 cm³/mol. The van der Waals surface area contributed by atoms with Crippen LogP contribution in [0.5, 0.6) is 0 Å². The molecule has 0 aromatic heterocycles. The fraction of sp³-hybridized carbons (Fsp3) is 1.00. The molecule has 0 bridgehead atoms. The van der Waals surface area contributed by atoms with E-state index >= 15 is 0 Å². The Morgan fingerprint density at radius 1 is 1.22 bits per heavy atom. The monoisotopic (exact) mass is 256 g/mol. The van der Waals surface area contributed by atoms with Gasteiger partial charge in [-0.05, 0) is 17.0 Å². The van der Waals surface area contributed by atoms with Gasteiger partial charge in [-0.2, -0.15) is 0 Å². The fourth-order valence-corrected chi connectivity index (χ4v) is 1.99. The molecule has 1 rings (SSSR count). The topological polar surface area (TPSA) is 147 Å². The van der Waals surface area contributed by atoms with Crippen LogP contribution in [0.2, 0.25) is 0 Å². The zero-order chi connectivity index (χ0) is 13.7. The molecule has 0 radical (unpaired) electrons. The van der Waals surface area contributed by atoms with E-state index in [4.69, 9.17) is 15.8 Å².